The molecule has 0 aliphatic heterocycles. The molecule has 2 aromatic rings. The molecule has 1 heterocycles. The smallest absolute Gasteiger partial charge is 0.417 e. The molecule has 0 fully saturated rings. The van der Waals surface area contributed by atoms with Gasteiger partial charge in [0.1, 0.15) is 11.6 Å². The quantitative estimate of drug-likeness (QED) is 0.387. The van der Waals surface area contributed by atoms with Crippen LogP contribution in [0.1, 0.15) is 49.7 Å². The van der Waals surface area contributed by atoms with Gasteiger partial charge in [-0.25, -0.2) is 4.39 Å². The van der Waals surface area contributed by atoms with Gasteiger partial charge in [0, 0.05) is 28.9 Å². The van der Waals surface area contributed by atoms with Crippen LogP contribution in [0.4, 0.5) is 17.6 Å². The van der Waals surface area contributed by atoms with Crippen molar-refractivity contribution in [1.29, 1.82) is 5.26 Å². The minimum absolute atomic E-state index is 0.0892. The normalized spacial score (nSPS) is 14.6. The highest BCUT2D eigenvalue weighted by Crippen LogP contribution is 2.45. The van der Waals surface area contributed by atoms with Gasteiger partial charge in [0.2, 0.25) is 0 Å². The molecule has 0 bridgehead atoms. The lowest BCUT2D eigenvalue weighted by atomic mass is 9.73. The number of ether oxygens (including phenoxy) is 1. The molecule has 8 heteroatoms. The van der Waals surface area contributed by atoms with E-state index in [0.717, 1.165) is 12.1 Å². The van der Waals surface area contributed by atoms with Crippen molar-refractivity contribution in [3.05, 3.63) is 65.3 Å². The molecule has 4 nitrogen and oxygen atoms in total. The first-order chi connectivity index (χ1) is 14.8. The predicted molar refractivity (Wildman–Crippen MR) is 115 cm³/mol. The van der Waals surface area contributed by atoms with E-state index in [1.165, 1.54) is 45.2 Å². The van der Waals surface area contributed by atoms with Gasteiger partial charge in [-0.05, 0) is 49.1 Å². The summed E-state index contributed by atoms with van der Waals surface area (Å²) in [6.45, 7) is 8.24. The van der Waals surface area contributed by atoms with Gasteiger partial charge >= 0.3 is 6.18 Å². The number of aromatic amines is 1. The second kappa shape index (κ2) is 9.21. The standard InChI is InChI=1S/C24H26F4N2O2/c1-6-15(13-29)18-11-17(30-20(18)7-2)12-23(31,24(26,27)28)14-22(3,4)19-10-16(25)8-9-21(19)32-5/h6-11,30-31H,2,12,14H2,1,3-5H3/b15-6-. The maximum atomic E-state index is 14.1. The third kappa shape index (κ3) is 5.05. The molecule has 2 rings (SSSR count). The van der Waals surface area contributed by atoms with E-state index >= 15 is 0 Å². The summed E-state index contributed by atoms with van der Waals surface area (Å²) in [5.74, 6) is -0.395. The van der Waals surface area contributed by atoms with E-state index in [1.807, 2.05) is 6.07 Å². The lowest BCUT2D eigenvalue weighted by molar-refractivity contribution is -0.266. The van der Waals surface area contributed by atoms with Crippen molar-refractivity contribution in [3.63, 3.8) is 0 Å². The van der Waals surface area contributed by atoms with Crippen molar-refractivity contribution < 1.29 is 27.4 Å². The molecular formula is C24H26F4N2O2. The van der Waals surface area contributed by atoms with E-state index in [4.69, 9.17) is 4.74 Å². The van der Waals surface area contributed by atoms with Gasteiger partial charge in [0.25, 0.3) is 0 Å². The Kier molecular flexibility index (Phi) is 7.26. The van der Waals surface area contributed by atoms with Crippen molar-refractivity contribution in [2.75, 3.05) is 7.11 Å². The topological polar surface area (TPSA) is 69.0 Å². The Hall–Kier alpha value is -3.05. The number of hydrogen-bond acceptors (Lipinski definition) is 3. The van der Waals surface area contributed by atoms with Gasteiger partial charge in [0.05, 0.1) is 18.8 Å². The lowest BCUT2D eigenvalue weighted by Crippen LogP contribution is -2.51. The molecule has 0 amide bonds. The van der Waals surface area contributed by atoms with Crippen LogP contribution >= 0.6 is 0 Å². The molecule has 0 aliphatic rings. The van der Waals surface area contributed by atoms with Gasteiger partial charge in [-0.1, -0.05) is 26.5 Å². The summed E-state index contributed by atoms with van der Waals surface area (Å²) < 4.78 is 61.5. The minimum atomic E-state index is -4.98. The van der Waals surface area contributed by atoms with E-state index < -0.39 is 35.9 Å². The van der Waals surface area contributed by atoms with Crippen molar-refractivity contribution >= 4 is 11.6 Å². The largest absolute Gasteiger partial charge is 0.496 e. The first kappa shape index (κ1) is 25.2. The van der Waals surface area contributed by atoms with Crippen LogP contribution in [-0.2, 0) is 11.8 Å². The Balaban J connectivity index is 2.52. The van der Waals surface area contributed by atoms with Crippen LogP contribution < -0.4 is 4.74 Å². The zero-order chi connectivity index (χ0) is 24.3. The van der Waals surface area contributed by atoms with Crippen molar-refractivity contribution in [2.24, 2.45) is 0 Å². The second-order valence-electron chi connectivity index (χ2n) is 8.25. The molecule has 0 radical (unpaired) electrons. The van der Waals surface area contributed by atoms with Gasteiger partial charge in [-0.2, -0.15) is 18.4 Å². The fraction of sp³-hybridized carbons (Fsp3) is 0.375. The Labute approximate surface area is 184 Å². The maximum Gasteiger partial charge on any atom is 0.417 e. The summed E-state index contributed by atoms with van der Waals surface area (Å²) in [5.41, 5.74) is -3.09. The van der Waals surface area contributed by atoms with E-state index in [2.05, 4.69) is 11.6 Å². The molecule has 1 aromatic carbocycles. The third-order valence-corrected chi connectivity index (χ3v) is 5.44. The van der Waals surface area contributed by atoms with Crippen LogP contribution in [0.5, 0.6) is 5.75 Å². The number of halogens is 4. The zero-order valence-electron chi connectivity index (χ0n) is 18.4. The zero-order valence-corrected chi connectivity index (χ0v) is 18.4. The Morgan fingerprint density at radius 1 is 1.28 bits per heavy atom. The molecule has 1 unspecified atom stereocenters. The van der Waals surface area contributed by atoms with Crippen molar-refractivity contribution in [1.82, 2.24) is 4.98 Å². The molecular weight excluding hydrogens is 424 g/mol. The van der Waals surface area contributed by atoms with Crippen LogP contribution in [0.2, 0.25) is 0 Å². The van der Waals surface area contributed by atoms with E-state index in [1.54, 1.807) is 6.92 Å². The first-order valence-corrected chi connectivity index (χ1v) is 9.86. The van der Waals surface area contributed by atoms with Crippen molar-refractivity contribution in [2.45, 2.75) is 50.8 Å². The number of allylic oxidation sites excluding steroid dienone is 2. The number of nitrogens with zero attached hydrogens (tertiary/aromatic N) is 1. The maximum absolute atomic E-state index is 14.1. The molecule has 1 atom stereocenters. The number of aliphatic hydroxyl groups is 1. The molecule has 0 spiro atoms. The minimum Gasteiger partial charge on any atom is -0.496 e. The van der Waals surface area contributed by atoms with Crippen LogP contribution in [-0.4, -0.2) is 29.0 Å². The van der Waals surface area contributed by atoms with E-state index in [0.29, 0.717) is 11.3 Å². The van der Waals surface area contributed by atoms with Crippen LogP contribution in [0, 0.1) is 17.1 Å². The third-order valence-electron chi connectivity index (χ3n) is 5.44. The molecule has 1 aromatic heterocycles. The van der Waals surface area contributed by atoms with Crippen molar-refractivity contribution in [3.8, 4) is 11.8 Å². The summed E-state index contributed by atoms with van der Waals surface area (Å²) in [4.78, 5) is 2.81. The number of H-pyrrole nitrogens is 1. The molecule has 32 heavy (non-hydrogen) atoms. The highest BCUT2D eigenvalue weighted by Gasteiger charge is 2.56. The number of aromatic nitrogens is 1. The Morgan fingerprint density at radius 2 is 1.94 bits per heavy atom. The Morgan fingerprint density at radius 3 is 2.44 bits per heavy atom. The van der Waals surface area contributed by atoms with E-state index in [9.17, 15) is 27.9 Å². The van der Waals surface area contributed by atoms with Crippen LogP contribution in [0.3, 0.4) is 0 Å². The SMILES string of the molecule is C=Cc1[nH]c(CC(O)(CC(C)(C)c2cc(F)ccc2OC)C(F)(F)F)cc1/C(C#N)=C\C. The van der Waals surface area contributed by atoms with E-state index in [-0.39, 0.29) is 22.6 Å². The molecule has 0 aliphatic carbocycles. The van der Waals surface area contributed by atoms with Crippen LogP contribution in [0.25, 0.3) is 11.6 Å². The van der Waals surface area contributed by atoms with Crippen LogP contribution in [0.15, 0.2) is 36.9 Å². The molecule has 2 N–H and O–H groups in total. The highest BCUT2D eigenvalue weighted by molar-refractivity contribution is 5.81. The fourth-order valence-corrected chi connectivity index (χ4v) is 3.90. The van der Waals surface area contributed by atoms with Gasteiger partial charge < -0.3 is 14.8 Å². The lowest BCUT2D eigenvalue weighted by Gasteiger charge is -2.38. The summed E-state index contributed by atoms with van der Waals surface area (Å²) in [6, 6.07) is 7.00. The summed E-state index contributed by atoms with van der Waals surface area (Å²) >= 11 is 0. The number of benzene rings is 1. The number of nitriles is 1. The molecule has 0 saturated carbocycles. The number of rotatable bonds is 8. The number of hydrogen-bond donors (Lipinski definition) is 2. The van der Waals surface area contributed by atoms with Gasteiger partial charge in [-0.3, -0.25) is 0 Å². The number of methoxy groups -OCH3 is 1. The number of nitrogens with one attached hydrogen (secondary N) is 1. The Bertz CT molecular complexity index is 1060. The fourth-order valence-electron chi connectivity index (χ4n) is 3.90. The second-order valence-corrected chi connectivity index (χ2v) is 8.25. The summed E-state index contributed by atoms with van der Waals surface area (Å²) in [7, 11) is 1.34. The highest BCUT2D eigenvalue weighted by atomic mass is 19.4. The first-order valence-electron chi connectivity index (χ1n) is 9.86. The average Bonchev–Trinajstić information content (AvgIpc) is 3.10. The summed E-state index contributed by atoms with van der Waals surface area (Å²) in [6.07, 6.45) is -3.59. The predicted octanol–water partition coefficient (Wildman–Crippen LogP) is 5.94. The number of alkyl halides is 3. The molecule has 0 saturated heterocycles. The van der Waals surface area contributed by atoms with Gasteiger partial charge in [0.15, 0.2) is 5.60 Å². The summed E-state index contributed by atoms with van der Waals surface area (Å²) in [5, 5.41) is 20.2. The van der Waals surface area contributed by atoms with Gasteiger partial charge in [-0.15, -0.1) is 0 Å². The molecule has 172 valence electrons. The monoisotopic (exact) mass is 450 g/mol. The average molecular weight is 450 g/mol.